The summed E-state index contributed by atoms with van der Waals surface area (Å²) in [5.41, 5.74) is 1.07. The predicted molar refractivity (Wildman–Crippen MR) is 63.6 cm³/mol. The Kier molecular flexibility index (Phi) is 4.75. The molecular weight excluding hydrogens is 220 g/mol. The van der Waals surface area contributed by atoms with Gasteiger partial charge in [0.1, 0.15) is 0 Å². The Morgan fingerprint density at radius 2 is 1.94 bits per heavy atom. The minimum absolute atomic E-state index is 0.229. The van der Waals surface area contributed by atoms with Crippen molar-refractivity contribution in [1.29, 1.82) is 0 Å². The number of nitrogens with one attached hydrogen (secondary N) is 2. The first-order chi connectivity index (χ1) is 8.13. The van der Waals surface area contributed by atoms with Crippen LogP contribution in [0.15, 0.2) is 36.5 Å². The number of hydrogen-bond donors (Lipinski definition) is 3. The third-order valence-corrected chi connectivity index (χ3v) is 2.04. The van der Waals surface area contributed by atoms with Crippen LogP contribution >= 0.6 is 0 Å². The van der Waals surface area contributed by atoms with Gasteiger partial charge in [0.05, 0.1) is 5.56 Å². The molecule has 90 valence electrons. The molecule has 0 bridgehead atoms. The highest BCUT2D eigenvalue weighted by atomic mass is 16.4. The number of hydrogen-bond acceptors (Lipinski definition) is 2. The summed E-state index contributed by atoms with van der Waals surface area (Å²) in [6.45, 7) is 2.15. The predicted octanol–water partition coefficient (Wildman–Crippen LogP) is 1.72. The van der Waals surface area contributed by atoms with Crippen LogP contribution in [0.3, 0.4) is 0 Å². The normalized spacial score (nSPS) is 10.2. The highest BCUT2D eigenvalue weighted by molar-refractivity contribution is 5.87. The highest BCUT2D eigenvalue weighted by Gasteiger charge is 2.02. The van der Waals surface area contributed by atoms with Crippen molar-refractivity contribution in [1.82, 2.24) is 10.6 Å². The monoisotopic (exact) mass is 234 g/mol. The van der Waals surface area contributed by atoms with Crippen molar-refractivity contribution < 1.29 is 14.7 Å². The number of rotatable bonds is 4. The zero-order valence-corrected chi connectivity index (χ0v) is 9.43. The summed E-state index contributed by atoms with van der Waals surface area (Å²) in [7, 11) is 0. The zero-order chi connectivity index (χ0) is 12.7. The maximum absolute atomic E-state index is 11.2. The van der Waals surface area contributed by atoms with E-state index in [1.165, 1.54) is 18.3 Å². The molecule has 1 aromatic rings. The molecule has 0 unspecified atom stereocenters. The van der Waals surface area contributed by atoms with E-state index < -0.39 is 5.97 Å². The quantitative estimate of drug-likeness (QED) is 0.742. The molecule has 0 saturated heterocycles. The number of allylic oxidation sites excluding steroid dienone is 1. The van der Waals surface area contributed by atoms with Crippen molar-refractivity contribution in [2.45, 2.75) is 13.5 Å². The van der Waals surface area contributed by atoms with E-state index >= 15 is 0 Å². The van der Waals surface area contributed by atoms with Gasteiger partial charge >= 0.3 is 12.0 Å². The number of urea groups is 1. The van der Waals surface area contributed by atoms with Gasteiger partial charge in [0, 0.05) is 12.7 Å². The van der Waals surface area contributed by atoms with E-state index in [-0.39, 0.29) is 11.6 Å². The second-order valence-electron chi connectivity index (χ2n) is 3.33. The van der Waals surface area contributed by atoms with E-state index in [0.717, 1.165) is 5.56 Å². The SMILES string of the molecule is C/C=C/NC(=O)NCc1ccc(C(=O)O)cc1. The van der Waals surface area contributed by atoms with Crippen molar-refractivity contribution in [2.24, 2.45) is 0 Å². The molecule has 0 aliphatic rings. The first-order valence-corrected chi connectivity index (χ1v) is 5.11. The Balaban J connectivity index is 2.47. The van der Waals surface area contributed by atoms with Gasteiger partial charge < -0.3 is 15.7 Å². The lowest BCUT2D eigenvalue weighted by molar-refractivity contribution is 0.0697. The summed E-state index contributed by atoms with van der Waals surface area (Å²) in [5.74, 6) is -0.963. The average molecular weight is 234 g/mol. The molecule has 0 spiro atoms. The van der Waals surface area contributed by atoms with Gasteiger partial charge in [-0.05, 0) is 24.6 Å². The standard InChI is InChI=1S/C12H14N2O3/c1-2-7-13-12(17)14-8-9-3-5-10(6-4-9)11(15)16/h2-7H,8H2,1H3,(H,15,16)(H2,13,14,17)/b7-2+. The van der Waals surface area contributed by atoms with Crippen LogP contribution in [-0.2, 0) is 6.54 Å². The van der Waals surface area contributed by atoms with Gasteiger partial charge in [-0.1, -0.05) is 18.2 Å². The molecule has 5 nitrogen and oxygen atoms in total. The smallest absolute Gasteiger partial charge is 0.335 e. The molecule has 0 atom stereocenters. The minimum atomic E-state index is -0.963. The number of aromatic carboxylic acids is 1. The topological polar surface area (TPSA) is 78.4 Å². The average Bonchev–Trinajstić information content (AvgIpc) is 2.34. The van der Waals surface area contributed by atoms with E-state index in [1.807, 2.05) is 0 Å². The van der Waals surface area contributed by atoms with Gasteiger partial charge in [0.15, 0.2) is 0 Å². The van der Waals surface area contributed by atoms with Gasteiger partial charge in [0.2, 0.25) is 0 Å². The zero-order valence-electron chi connectivity index (χ0n) is 9.43. The fourth-order valence-corrected chi connectivity index (χ4v) is 1.16. The fourth-order valence-electron chi connectivity index (χ4n) is 1.16. The molecule has 5 heteroatoms. The summed E-state index contributed by atoms with van der Waals surface area (Å²) in [6.07, 6.45) is 3.24. The third-order valence-electron chi connectivity index (χ3n) is 2.04. The van der Waals surface area contributed by atoms with Crippen molar-refractivity contribution in [3.63, 3.8) is 0 Å². The van der Waals surface area contributed by atoms with Crippen LogP contribution < -0.4 is 10.6 Å². The van der Waals surface area contributed by atoms with Crippen molar-refractivity contribution in [2.75, 3.05) is 0 Å². The summed E-state index contributed by atoms with van der Waals surface area (Å²) < 4.78 is 0. The van der Waals surface area contributed by atoms with E-state index in [4.69, 9.17) is 5.11 Å². The third kappa shape index (κ3) is 4.38. The molecule has 1 aromatic carbocycles. The molecular formula is C12H14N2O3. The van der Waals surface area contributed by atoms with E-state index in [2.05, 4.69) is 10.6 Å². The number of carbonyl (C=O) groups excluding carboxylic acids is 1. The van der Waals surface area contributed by atoms with E-state index in [0.29, 0.717) is 6.54 Å². The highest BCUT2D eigenvalue weighted by Crippen LogP contribution is 2.03. The Morgan fingerprint density at radius 3 is 2.47 bits per heavy atom. The minimum Gasteiger partial charge on any atom is -0.478 e. The molecule has 3 N–H and O–H groups in total. The van der Waals surface area contributed by atoms with Gasteiger partial charge in [-0.3, -0.25) is 0 Å². The Bertz CT molecular complexity index is 424. The number of carbonyl (C=O) groups is 2. The van der Waals surface area contributed by atoms with Crippen LogP contribution in [0.1, 0.15) is 22.8 Å². The van der Waals surface area contributed by atoms with Crippen molar-refractivity contribution in [3.05, 3.63) is 47.7 Å². The lowest BCUT2D eigenvalue weighted by Crippen LogP contribution is -2.31. The van der Waals surface area contributed by atoms with Gasteiger partial charge in [-0.2, -0.15) is 0 Å². The molecule has 2 amide bonds. The summed E-state index contributed by atoms with van der Waals surface area (Å²) in [5, 5.41) is 13.8. The molecule has 0 aromatic heterocycles. The van der Waals surface area contributed by atoms with Crippen LogP contribution in [0.2, 0.25) is 0 Å². The van der Waals surface area contributed by atoms with Crippen molar-refractivity contribution >= 4 is 12.0 Å². The molecule has 0 fully saturated rings. The summed E-state index contributed by atoms with van der Waals surface area (Å²) in [4.78, 5) is 21.8. The van der Waals surface area contributed by atoms with Gasteiger partial charge in [-0.25, -0.2) is 9.59 Å². The lowest BCUT2D eigenvalue weighted by atomic mass is 10.1. The first-order valence-electron chi connectivity index (χ1n) is 5.11. The maximum Gasteiger partial charge on any atom is 0.335 e. The fraction of sp³-hybridized carbons (Fsp3) is 0.167. The summed E-state index contributed by atoms with van der Waals surface area (Å²) >= 11 is 0. The van der Waals surface area contributed by atoms with Crippen LogP contribution in [0, 0.1) is 0 Å². The number of carboxylic acids is 1. The molecule has 0 saturated carbocycles. The van der Waals surface area contributed by atoms with Crippen molar-refractivity contribution in [3.8, 4) is 0 Å². The van der Waals surface area contributed by atoms with Crippen LogP contribution in [-0.4, -0.2) is 17.1 Å². The Morgan fingerprint density at radius 1 is 1.29 bits per heavy atom. The maximum atomic E-state index is 11.2. The second-order valence-corrected chi connectivity index (χ2v) is 3.33. The first kappa shape index (κ1) is 12.8. The van der Waals surface area contributed by atoms with Gasteiger partial charge in [0.25, 0.3) is 0 Å². The molecule has 0 aliphatic carbocycles. The molecule has 1 rings (SSSR count). The second kappa shape index (κ2) is 6.32. The van der Waals surface area contributed by atoms with Crippen LogP contribution in [0.25, 0.3) is 0 Å². The molecule has 0 radical (unpaired) electrons. The number of benzene rings is 1. The summed E-state index contributed by atoms with van der Waals surface area (Å²) in [6, 6.07) is 6.04. The molecule has 0 aliphatic heterocycles. The molecule has 0 heterocycles. The van der Waals surface area contributed by atoms with Gasteiger partial charge in [-0.15, -0.1) is 0 Å². The van der Waals surface area contributed by atoms with E-state index in [9.17, 15) is 9.59 Å². The molecule has 17 heavy (non-hydrogen) atoms. The van der Waals surface area contributed by atoms with Crippen LogP contribution in [0.5, 0.6) is 0 Å². The number of carboxylic acid groups (broad SMARTS) is 1. The largest absolute Gasteiger partial charge is 0.478 e. The number of amides is 2. The lowest BCUT2D eigenvalue weighted by Gasteiger charge is -2.04. The Labute approximate surface area is 99.1 Å². The Hall–Kier alpha value is -2.30. The van der Waals surface area contributed by atoms with Crippen LogP contribution in [0.4, 0.5) is 4.79 Å². The van der Waals surface area contributed by atoms with E-state index in [1.54, 1.807) is 25.1 Å².